The normalized spacial score (nSPS) is 20.4. The Morgan fingerprint density at radius 2 is 1.85 bits per heavy atom. The summed E-state index contributed by atoms with van der Waals surface area (Å²) in [4.78, 5) is 39.9. The number of carbonyl (C=O) groups is 3. The molecule has 34 heavy (non-hydrogen) atoms. The molecule has 7 heteroatoms. The summed E-state index contributed by atoms with van der Waals surface area (Å²) >= 11 is 0. The van der Waals surface area contributed by atoms with Gasteiger partial charge in [0.1, 0.15) is 6.61 Å². The van der Waals surface area contributed by atoms with Gasteiger partial charge in [-0.25, -0.2) is 0 Å². The number of ether oxygens (including phenoxy) is 1. The summed E-state index contributed by atoms with van der Waals surface area (Å²) in [5, 5.41) is 12.6. The zero-order valence-electron chi connectivity index (χ0n) is 20.7. The van der Waals surface area contributed by atoms with Crippen LogP contribution in [0.2, 0.25) is 0 Å². The summed E-state index contributed by atoms with van der Waals surface area (Å²) < 4.78 is 5.51. The lowest BCUT2D eigenvalue weighted by molar-refractivity contribution is -0.145. The standard InChI is InChI=1S/C27H44N2O5/c1-3-5-7-15-26(32)34-20-23(17-21-12-8-6-9-13-21)28-27(33)22(11-4-2)18-25(31)29-16-10-14-24(29)19-30/h3-4,21-24,30H,1-2,5-20H2,(H,28,33)/t22-,23+,24+/m1/s1. The first-order valence-corrected chi connectivity index (χ1v) is 13.1. The van der Waals surface area contributed by atoms with Crippen molar-refractivity contribution < 1.29 is 24.2 Å². The maximum absolute atomic E-state index is 13.2. The molecule has 0 bridgehead atoms. The van der Waals surface area contributed by atoms with E-state index in [1.165, 1.54) is 19.3 Å². The highest BCUT2D eigenvalue weighted by atomic mass is 16.5. The van der Waals surface area contributed by atoms with Gasteiger partial charge in [0.05, 0.1) is 24.6 Å². The van der Waals surface area contributed by atoms with Gasteiger partial charge in [-0.1, -0.05) is 44.3 Å². The van der Waals surface area contributed by atoms with Gasteiger partial charge in [-0.15, -0.1) is 13.2 Å². The maximum atomic E-state index is 13.2. The first-order valence-electron chi connectivity index (χ1n) is 13.1. The lowest BCUT2D eigenvalue weighted by Gasteiger charge is -2.29. The quantitative estimate of drug-likeness (QED) is 0.212. The third-order valence-electron chi connectivity index (χ3n) is 7.07. The molecule has 0 aromatic rings. The second kappa shape index (κ2) is 15.7. The van der Waals surface area contributed by atoms with Crippen LogP contribution >= 0.6 is 0 Å². The van der Waals surface area contributed by atoms with E-state index < -0.39 is 5.92 Å². The second-order valence-electron chi connectivity index (χ2n) is 9.80. The fourth-order valence-electron chi connectivity index (χ4n) is 5.14. The van der Waals surface area contributed by atoms with Gasteiger partial charge >= 0.3 is 5.97 Å². The monoisotopic (exact) mass is 476 g/mol. The highest BCUT2D eigenvalue weighted by Gasteiger charge is 2.32. The highest BCUT2D eigenvalue weighted by Crippen LogP contribution is 2.28. The van der Waals surface area contributed by atoms with Crippen LogP contribution in [0.3, 0.4) is 0 Å². The van der Waals surface area contributed by atoms with E-state index >= 15 is 0 Å². The number of esters is 1. The van der Waals surface area contributed by atoms with Gasteiger partial charge in [0.25, 0.3) is 0 Å². The lowest BCUT2D eigenvalue weighted by Crippen LogP contribution is -2.45. The van der Waals surface area contributed by atoms with E-state index in [-0.39, 0.29) is 49.5 Å². The number of carbonyl (C=O) groups excluding carboxylic acids is 3. The van der Waals surface area contributed by atoms with E-state index in [0.717, 1.165) is 38.5 Å². The van der Waals surface area contributed by atoms with Crippen LogP contribution in [0.15, 0.2) is 25.3 Å². The van der Waals surface area contributed by atoms with Gasteiger partial charge in [-0.05, 0) is 44.4 Å². The van der Waals surface area contributed by atoms with Crippen LogP contribution in [0.4, 0.5) is 0 Å². The molecule has 192 valence electrons. The van der Waals surface area contributed by atoms with Crippen molar-refractivity contribution in [3.8, 4) is 0 Å². The number of amides is 2. The van der Waals surface area contributed by atoms with Crippen LogP contribution in [0, 0.1) is 11.8 Å². The molecule has 2 aliphatic rings. The van der Waals surface area contributed by atoms with E-state index in [9.17, 15) is 19.5 Å². The Morgan fingerprint density at radius 3 is 2.53 bits per heavy atom. The van der Waals surface area contributed by atoms with Crippen LogP contribution in [0.1, 0.15) is 83.5 Å². The van der Waals surface area contributed by atoms with E-state index in [1.807, 2.05) is 0 Å². The average molecular weight is 477 g/mol. The van der Waals surface area contributed by atoms with Crippen molar-refractivity contribution in [1.29, 1.82) is 0 Å². The molecule has 0 radical (unpaired) electrons. The first-order chi connectivity index (χ1) is 16.5. The van der Waals surface area contributed by atoms with Gasteiger partial charge in [0, 0.05) is 19.4 Å². The number of aliphatic hydroxyl groups is 1. The Balaban J connectivity index is 1.97. The molecule has 2 rings (SSSR count). The molecule has 2 fully saturated rings. The highest BCUT2D eigenvalue weighted by molar-refractivity contribution is 5.86. The fourth-order valence-corrected chi connectivity index (χ4v) is 5.14. The van der Waals surface area contributed by atoms with E-state index in [4.69, 9.17) is 4.74 Å². The number of hydrogen-bond donors (Lipinski definition) is 2. The number of likely N-dealkylation sites (tertiary alicyclic amines) is 1. The Labute approximate surface area is 205 Å². The summed E-state index contributed by atoms with van der Waals surface area (Å²) in [6.45, 7) is 8.16. The zero-order valence-corrected chi connectivity index (χ0v) is 20.7. The molecule has 0 aromatic carbocycles. The van der Waals surface area contributed by atoms with Crippen LogP contribution in [-0.2, 0) is 19.1 Å². The Kier molecular flexibility index (Phi) is 13.0. The first kappa shape index (κ1) is 28.1. The second-order valence-corrected chi connectivity index (χ2v) is 9.80. The van der Waals surface area contributed by atoms with Gasteiger partial charge in [-0.2, -0.15) is 0 Å². The van der Waals surface area contributed by atoms with Crippen molar-refractivity contribution in [3.63, 3.8) is 0 Å². The van der Waals surface area contributed by atoms with Crippen LogP contribution in [0.25, 0.3) is 0 Å². The van der Waals surface area contributed by atoms with E-state index in [2.05, 4.69) is 18.5 Å². The SMILES string of the molecule is C=CCCCC(=O)OC[C@H](CC1CCCCC1)NC(=O)[C@H](CC=C)CC(=O)N1CCC[C@H]1CO. The number of hydrogen-bond acceptors (Lipinski definition) is 5. The molecule has 2 amide bonds. The van der Waals surface area contributed by atoms with Crippen LogP contribution < -0.4 is 5.32 Å². The Hall–Kier alpha value is -2.15. The molecular weight excluding hydrogens is 432 g/mol. The minimum atomic E-state index is -0.526. The summed E-state index contributed by atoms with van der Waals surface area (Å²) in [5.41, 5.74) is 0. The Morgan fingerprint density at radius 1 is 1.09 bits per heavy atom. The largest absolute Gasteiger partial charge is 0.463 e. The van der Waals surface area contributed by atoms with Crippen molar-refractivity contribution in [2.45, 2.75) is 95.6 Å². The predicted octanol–water partition coefficient (Wildman–Crippen LogP) is 3.91. The summed E-state index contributed by atoms with van der Waals surface area (Å²) in [6, 6.07) is -0.419. The molecule has 0 spiro atoms. The number of rotatable bonds is 15. The smallest absolute Gasteiger partial charge is 0.305 e. The minimum absolute atomic E-state index is 0.0499. The molecule has 1 aliphatic carbocycles. The van der Waals surface area contributed by atoms with Gasteiger partial charge in [0.2, 0.25) is 11.8 Å². The zero-order chi connectivity index (χ0) is 24.8. The van der Waals surface area contributed by atoms with Gasteiger partial charge in [-0.3, -0.25) is 14.4 Å². The van der Waals surface area contributed by atoms with Gasteiger partial charge < -0.3 is 20.1 Å². The van der Waals surface area contributed by atoms with E-state index in [1.54, 1.807) is 17.1 Å². The molecule has 1 heterocycles. The number of unbranched alkanes of at least 4 members (excludes halogenated alkanes) is 1. The third kappa shape index (κ3) is 9.61. The van der Waals surface area contributed by atoms with E-state index in [0.29, 0.717) is 31.7 Å². The number of nitrogens with one attached hydrogen (secondary N) is 1. The van der Waals surface area contributed by atoms with Gasteiger partial charge in [0.15, 0.2) is 0 Å². The van der Waals surface area contributed by atoms with Crippen molar-refractivity contribution >= 4 is 17.8 Å². The molecule has 7 nitrogen and oxygen atoms in total. The summed E-state index contributed by atoms with van der Waals surface area (Å²) in [5.74, 6) is -0.575. The molecule has 2 N–H and O–H groups in total. The minimum Gasteiger partial charge on any atom is -0.463 e. The van der Waals surface area contributed by atoms with Crippen molar-refractivity contribution in [2.24, 2.45) is 11.8 Å². The van der Waals surface area contributed by atoms with Crippen molar-refractivity contribution in [1.82, 2.24) is 10.2 Å². The summed E-state index contributed by atoms with van der Waals surface area (Å²) in [7, 11) is 0. The fraction of sp³-hybridized carbons (Fsp3) is 0.741. The Bertz CT molecular complexity index is 674. The lowest BCUT2D eigenvalue weighted by atomic mass is 9.84. The molecule has 1 aliphatic heterocycles. The summed E-state index contributed by atoms with van der Waals surface area (Å²) in [6.07, 6.45) is 14.1. The number of allylic oxidation sites excluding steroid dienone is 2. The van der Waals surface area contributed by atoms with Crippen molar-refractivity contribution in [3.05, 3.63) is 25.3 Å². The molecular formula is C27H44N2O5. The topological polar surface area (TPSA) is 95.9 Å². The molecule has 0 aromatic heterocycles. The number of nitrogens with zero attached hydrogens (tertiary/aromatic N) is 1. The molecule has 0 unspecified atom stereocenters. The maximum Gasteiger partial charge on any atom is 0.305 e. The molecule has 1 saturated heterocycles. The van der Waals surface area contributed by atoms with Crippen LogP contribution in [0.5, 0.6) is 0 Å². The third-order valence-corrected chi connectivity index (χ3v) is 7.07. The number of aliphatic hydroxyl groups excluding tert-OH is 1. The molecule has 1 saturated carbocycles. The average Bonchev–Trinajstić information content (AvgIpc) is 3.32. The predicted molar refractivity (Wildman–Crippen MR) is 133 cm³/mol. The van der Waals surface area contributed by atoms with Crippen LogP contribution in [-0.4, -0.2) is 59.6 Å². The van der Waals surface area contributed by atoms with Crippen molar-refractivity contribution in [2.75, 3.05) is 19.8 Å². The molecule has 3 atom stereocenters.